The molecule has 120 valence electrons. The van der Waals surface area contributed by atoms with E-state index in [0.29, 0.717) is 11.1 Å². The van der Waals surface area contributed by atoms with Crippen molar-refractivity contribution >= 4 is 28.2 Å². The van der Waals surface area contributed by atoms with Gasteiger partial charge in [-0.1, -0.05) is 11.6 Å². The molecule has 6 nitrogen and oxygen atoms in total. The number of aromatic amines is 1. The molecule has 0 bridgehead atoms. The Labute approximate surface area is 139 Å². The largest absolute Gasteiger partial charge is 0.380 e. The first kappa shape index (κ1) is 14.5. The van der Waals surface area contributed by atoms with E-state index >= 15 is 0 Å². The number of nitrogens with zero attached hydrogens (tertiary/aromatic N) is 4. The van der Waals surface area contributed by atoms with Crippen LogP contribution in [0.5, 0.6) is 0 Å². The second-order valence-electron chi connectivity index (χ2n) is 6.24. The van der Waals surface area contributed by atoms with Gasteiger partial charge in [-0.25, -0.2) is 0 Å². The van der Waals surface area contributed by atoms with Gasteiger partial charge < -0.3 is 10.2 Å². The fourth-order valence-electron chi connectivity index (χ4n) is 3.18. The number of likely N-dealkylation sites (N-methyl/N-ethyl adjacent to an activating group) is 1. The Morgan fingerprint density at radius 2 is 2.22 bits per heavy atom. The number of aromatic nitrogens is 4. The Morgan fingerprint density at radius 3 is 2.91 bits per heavy atom. The van der Waals surface area contributed by atoms with Crippen LogP contribution < -0.4 is 5.32 Å². The first-order chi connectivity index (χ1) is 11.1. The highest BCUT2D eigenvalue weighted by Crippen LogP contribution is 2.33. The molecule has 1 saturated heterocycles. The first-order valence-corrected chi connectivity index (χ1v) is 8.09. The summed E-state index contributed by atoms with van der Waals surface area (Å²) in [5.41, 5.74) is 3.79. The van der Waals surface area contributed by atoms with Crippen molar-refractivity contribution in [2.24, 2.45) is 7.05 Å². The van der Waals surface area contributed by atoms with Crippen LogP contribution in [0.2, 0.25) is 5.02 Å². The number of likely N-dealkylation sites (tertiary alicyclic amines) is 1. The average Bonchev–Trinajstić information content (AvgIpc) is 3.20. The predicted octanol–water partition coefficient (Wildman–Crippen LogP) is 2.73. The summed E-state index contributed by atoms with van der Waals surface area (Å²) in [7, 11) is 4.04. The van der Waals surface area contributed by atoms with Crippen LogP contribution in [0.15, 0.2) is 24.5 Å². The Morgan fingerprint density at radius 1 is 1.35 bits per heavy atom. The lowest BCUT2D eigenvalue weighted by atomic mass is 10.1. The third kappa shape index (κ3) is 2.68. The highest BCUT2D eigenvalue weighted by molar-refractivity contribution is 6.34. The van der Waals surface area contributed by atoms with Gasteiger partial charge in [-0.2, -0.15) is 10.2 Å². The van der Waals surface area contributed by atoms with Crippen LogP contribution in [0.1, 0.15) is 6.42 Å². The van der Waals surface area contributed by atoms with Gasteiger partial charge in [0.1, 0.15) is 5.69 Å². The standard InChI is InChI=1S/C16H19ClN6/c1-22-4-3-11(9-22)19-15-5-12-14(6-13(15)17)20-21-16(12)10-7-18-23(2)8-10/h5-8,11,19H,3-4,9H2,1-2H3,(H,20,21)/t11-/m1/s1. The molecule has 2 N–H and O–H groups in total. The number of halogens is 1. The molecule has 7 heteroatoms. The van der Waals surface area contributed by atoms with Crippen molar-refractivity contribution in [3.8, 4) is 11.3 Å². The van der Waals surface area contributed by atoms with Crippen LogP contribution in [0, 0.1) is 0 Å². The van der Waals surface area contributed by atoms with E-state index in [9.17, 15) is 0 Å². The molecule has 0 aliphatic carbocycles. The first-order valence-electron chi connectivity index (χ1n) is 7.72. The number of fused-ring (bicyclic) bond motifs is 1. The van der Waals surface area contributed by atoms with Gasteiger partial charge >= 0.3 is 0 Å². The third-order valence-electron chi connectivity index (χ3n) is 4.38. The fourth-order valence-corrected chi connectivity index (χ4v) is 3.40. The molecule has 1 aliphatic heterocycles. The van der Waals surface area contributed by atoms with E-state index in [4.69, 9.17) is 11.6 Å². The molecule has 1 fully saturated rings. The van der Waals surface area contributed by atoms with Gasteiger partial charge in [0.2, 0.25) is 0 Å². The molecular weight excluding hydrogens is 312 g/mol. The number of anilines is 1. The Hall–Kier alpha value is -2.05. The summed E-state index contributed by atoms with van der Waals surface area (Å²) in [6.07, 6.45) is 4.91. The lowest BCUT2D eigenvalue weighted by Gasteiger charge is -2.15. The number of hydrogen-bond acceptors (Lipinski definition) is 4. The lowest BCUT2D eigenvalue weighted by molar-refractivity contribution is 0.414. The van der Waals surface area contributed by atoms with Crippen LogP contribution in [0.25, 0.3) is 22.2 Å². The zero-order valence-corrected chi connectivity index (χ0v) is 13.9. The molecule has 0 saturated carbocycles. The number of rotatable bonds is 3. The topological polar surface area (TPSA) is 61.8 Å². The van der Waals surface area contributed by atoms with Crippen molar-refractivity contribution in [1.82, 2.24) is 24.9 Å². The number of nitrogens with one attached hydrogen (secondary N) is 2. The molecule has 0 radical (unpaired) electrons. The average molecular weight is 331 g/mol. The van der Waals surface area contributed by atoms with Gasteiger partial charge in [-0.05, 0) is 32.1 Å². The van der Waals surface area contributed by atoms with Crippen LogP contribution >= 0.6 is 11.6 Å². The number of aryl methyl sites for hydroxylation is 1. The maximum absolute atomic E-state index is 6.44. The Balaban J connectivity index is 1.72. The van der Waals surface area contributed by atoms with Gasteiger partial charge in [0.25, 0.3) is 0 Å². The molecule has 1 atom stereocenters. The number of hydrogen-bond donors (Lipinski definition) is 2. The second kappa shape index (κ2) is 5.54. The predicted molar refractivity (Wildman–Crippen MR) is 92.8 cm³/mol. The van der Waals surface area contributed by atoms with E-state index < -0.39 is 0 Å². The van der Waals surface area contributed by atoms with E-state index in [0.717, 1.165) is 47.4 Å². The molecule has 3 heterocycles. The van der Waals surface area contributed by atoms with E-state index in [2.05, 4.69) is 38.6 Å². The smallest absolute Gasteiger partial charge is 0.103 e. The Bertz CT molecular complexity index is 851. The van der Waals surface area contributed by atoms with Crippen molar-refractivity contribution in [3.05, 3.63) is 29.5 Å². The molecule has 0 amide bonds. The monoisotopic (exact) mass is 330 g/mol. The molecule has 0 spiro atoms. The molecule has 3 aromatic rings. The van der Waals surface area contributed by atoms with Crippen molar-refractivity contribution in [2.75, 3.05) is 25.5 Å². The van der Waals surface area contributed by atoms with Crippen molar-refractivity contribution < 1.29 is 0 Å². The minimum absolute atomic E-state index is 0.434. The summed E-state index contributed by atoms with van der Waals surface area (Å²) >= 11 is 6.44. The van der Waals surface area contributed by atoms with Crippen molar-refractivity contribution in [3.63, 3.8) is 0 Å². The molecule has 4 rings (SSSR count). The van der Waals surface area contributed by atoms with E-state index in [1.54, 1.807) is 4.68 Å². The van der Waals surface area contributed by atoms with Crippen molar-refractivity contribution in [2.45, 2.75) is 12.5 Å². The summed E-state index contributed by atoms with van der Waals surface area (Å²) < 4.78 is 1.78. The molecule has 0 unspecified atom stereocenters. The SMILES string of the molecule is CN1CC[C@@H](Nc2cc3c(-c4cnn(C)c4)n[nH]c3cc2Cl)C1. The van der Waals surface area contributed by atoms with Gasteiger partial charge in [0.15, 0.2) is 0 Å². The van der Waals surface area contributed by atoms with Crippen LogP contribution in [-0.2, 0) is 7.05 Å². The van der Waals surface area contributed by atoms with E-state index in [1.807, 2.05) is 25.5 Å². The maximum atomic E-state index is 6.44. The lowest BCUT2D eigenvalue weighted by Crippen LogP contribution is -2.23. The minimum atomic E-state index is 0.434. The zero-order valence-electron chi connectivity index (χ0n) is 13.2. The molecule has 23 heavy (non-hydrogen) atoms. The minimum Gasteiger partial charge on any atom is -0.380 e. The highest BCUT2D eigenvalue weighted by Gasteiger charge is 2.20. The van der Waals surface area contributed by atoms with Gasteiger partial charge in [-0.15, -0.1) is 0 Å². The highest BCUT2D eigenvalue weighted by atomic mass is 35.5. The normalized spacial score (nSPS) is 18.8. The quantitative estimate of drug-likeness (QED) is 0.775. The van der Waals surface area contributed by atoms with Crippen molar-refractivity contribution in [1.29, 1.82) is 0 Å². The number of benzene rings is 1. The van der Waals surface area contributed by atoms with Gasteiger partial charge in [0.05, 0.1) is 22.4 Å². The molecular formula is C16H19ClN6. The Kier molecular flexibility index (Phi) is 3.50. The fraction of sp³-hybridized carbons (Fsp3) is 0.375. The second-order valence-corrected chi connectivity index (χ2v) is 6.65. The summed E-state index contributed by atoms with van der Waals surface area (Å²) in [4.78, 5) is 2.32. The zero-order chi connectivity index (χ0) is 16.0. The molecule has 1 aromatic carbocycles. The summed E-state index contributed by atoms with van der Waals surface area (Å²) in [5.74, 6) is 0. The van der Waals surface area contributed by atoms with Crippen LogP contribution in [0.3, 0.4) is 0 Å². The summed E-state index contributed by atoms with van der Waals surface area (Å²) in [6.45, 7) is 2.15. The van der Waals surface area contributed by atoms with Crippen LogP contribution in [0.4, 0.5) is 5.69 Å². The third-order valence-corrected chi connectivity index (χ3v) is 4.69. The van der Waals surface area contributed by atoms with E-state index in [-0.39, 0.29) is 0 Å². The molecule has 1 aliphatic rings. The van der Waals surface area contributed by atoms with Crippen LogP contribution in [-0.4, -0.2) is 51.1 Å². The maximum Gasteiger partial charge on any atom is 0.103 e. The summed E-state index contributed by atoms with van der Waals surface area (Å²) in [6, 6.07) is 4.45. The number of H-pyrrole nitrogens is 1. The van der Waals surface area contributed by atoms with Gasteiger partial charge in [0, 0.05) is 36.8 Å². The molecule has 2 aromatic heterocycles. The summed E-state index contributed by atoms with van der Waals surface area (Å²) in [5, 5.41) is 17.1. The van der Waals surface area contributed by atoms with E-state index in [1.165, 1.54) is 0 Å². The van der Waals surface area contributed by atoms with Gasteiger partial charge in [-0.3, -0.25) is 9.78 Å².